The number of halogens is 1. The lowest BCUT2D eigenvalue weighted by molar-refractivity contribution is -0.110. The Bertz CT molecular complexity index is 849. The molecule has 0 spiro atoms. The van der Waals surface area contributed by atoms with Crippen LogP contribution in [0.3, 0.4) is 0 Å². The number of carbonyl (C=O) groups excluding carboxylic acids is 1. The van der Waals surface area contributed by atoms with Gasteiger partial charge in [-0.2, -0.15) is 0 Å². The molecule has 0 bridgehead atoms. The standard InChI is InChI=1S/C17H13ClN2O3S/c1-22-14-4-2-3-12(10-14)16-19-20-17(23-16)24-15(21)9-11-5-7-13(18)8-6-11/h2-8,10H,9H2,1H3. The van der Waals surface area contributed by atoms with Gasteiger partial charge in [0.1, 0.15) is 5.75 Å². The van der Waals surface area contributed by atoms with Crippen LogP contribution in [0.1, 0.15) is 5.56 Å². The van der Waals surface area contributed by atoms with Gasteiger partial charge in [-0.3, -0.25) is 4.79 Å². The molecule has 1 aromatic heterocycles. The second-order valence-corrected chi connectivity index (χ2v) is 6.33. The van der Waals surface area contributed by atoms with Gasteiger partial charge in [0.25, 0.3) is 5.22 Å². The van der Waals surface area contributed by atoms with Crippen LogP contribution in [0.15, 0.2) is 58.2 Å². The quantitative estimate of drug-likeness (QED) is 0.633. The first kappa shape index (κ1) is 16.5. The first-order valence-corrected chi connectivity index (χ1v) is 8.26. The molecule has 0 saturated carbocycles. The van der Waals surface area contributed by atoms with Crippen molar-refractivity contribution in [3.8, 4) is 17.2 Å². The summed E-state index contributed by atoms with van der Waals surface area (Å²) < 4.78 is 10.7. The summed E-state index contributed by atoms with van der Waals surface area (Å²) in [5, 5.41) is 8.65. The second kappa shape index (κ2) is 7.51. The molecule has 0 aliphatic carbocycles. The molecule has 1 heterocycles. The van der Waals surface area contributed by atoms with Crippen molar-refractivity contribution in [3.63, 3.8) is 0 Å². The van der Waals surface area contributed by atoms with Gasteiger partial charge in [-0.15, -0.1) is 10.2 Å². The molecule has 0 unspecified atom stereocenters. The average Bonchev–Trinajstić information content (AvgIpc) is 3.05. The van der Waals surface area contributed by atoms with Crippen LogP contribution >= 0.6 is 23.4 Å². The molecule has 0 aliphatic rings. The Hall–Kier alpha value is -2.31. The lowest BCUT2D eigenvalue weighted by Gasteiger charge is -2.00. The lowest BCUT2D eigenvalue weighted by atomic mass is 10.2. The highest BCUT2D eigenvalue weighted by atomic mass is 35.5. The van der Waals surface area contributed by atoms with E-state index in [4.69, 9.17) is 20.8 Å². The zero-order valence-corrected chi connectivity index (χ0v) is 14.3. The Labute approximate surface area is 148 Å². The summed E-state index contributed by atoms with van der Waals surface area (Å²) in [5.41, 5.74) is 1.61. The first-order chi connectivity index (χ1) is 11.6. The molecule has 0 atom stereocenters. The van der Waals surface area contributed by atoms with E-state index in [2.05, 4.69) is 10.2 Å². The number of thioether (sulfide) groups is 1. The minimum Gasteiger partial charge on any atom is -0.497 e. The van der Waals surface area contributed by atoms with Crippen molar-refractivity contribution in [1.82, 2.24) is 10.2 Å². The number of aromatic nitrogens is 2. The number of methoxy groups -OCH3 is 1. The summed E-state index contributed by atoms with van der Waals surface area (Å²) >= 11 is 6.75. The summed E-state index contributed by atoms with van der Waals surface area (Å²) in [6.45, 7) is 0. The van der Waals surface area contributed by atoms with E-state index in [0.717, 1.165) is 22.9 Å². The monoisotopic (exact) mass is 360 g/mol. The maximum Gasteiger partial charge on any atom is 0.284 e. The number of nitrogens with zero attached hydrogens (tertiary/aromatic N) is 2. The van der Waals surface area contributed by atoms with Crippen LogP contribution in [-0.2, 0) is 11.2 Å². The Balaban J connectivity index is 1.67. The van der Waals surface area contributed by atoms with Crippen molar-refractivity contribution in [2.45, 2.75) is 11.6 Å². The Morgan fingerprint density at radius 3 is 2.75 bits per heavy atom. The Kier molecular flexibility index (Phi) is 5.17. The average molecular weight is 361 g/mol. The zero-order chi connectivity index (χ0) is 16.9. The van der Waals surface area contributed by atoms with Crippen LogP contribution in [-0.4, -0.2) is 22.4 Å². The maximum atomic E-state index is 12.1. The van der Waals surface area contributed by atoms with Crippen LogP contribution in [0.2, 0.25) is 5.02 Å². The fraction of sp³-hybridized carbons (Fsp3) is 0.118. The molecule has 0 saturated heterocycles. The third-order valence-electron chi connectivity index (χ3n) is 3.19. The first-order valence-electron chi connectivity index (χ1n) is 7.07. The van der Waals surface area contributed by atoms with Crippen molar-refractivity contribution in [1.29, 1.82) is 0 Å². The second-order valence-electron chi connectivity index (χ2n) is 4.88. The number of ether oxygens (including phenoxy) is 1. The molecular weight excluding hydrogens is 348 g/mol. The normalized spacial score (nSPS) is 10.6. The van der Waals surface area contributed by atoms with Gasteiger partial charge in [0.05, 0.1) is 7.11 Å². The van der Waals surface area contributed by atoms with E-state index in [1.54, 1.807) is 25.3 Å². The van der Waals surface area contributed by atoms with Gasteiger partial charge in [0.15, 0.2) is 0 Å². The highest BCUT2D eigenvalue weighted by molar-refractivity contribution is 8.13. The van der Waals surface area contributed by atoms with Gasteiger partial charge in [0, 0.05) is 28.8 Å². The van der Waals surface area contributed by atoms with E-state index < -0.39 is 0 Å². The summed E-state index contributed by atoms with van der Waals surface area (Å²) in [5.74, 6) is 1.04. The van der Waals surface area contributed by atoms with E-state index >= 15 is 0 Å². The molecule has 3 aromatic rings. The molecule has 122 valence electrons. The topological polar surface area (TPSA) is 65.2 Å². The molecule has 0 radical (unpaired) electrons. The SMILES string of the molecule is COc1cccc(-c2nnc(SC(=O)Cc3ccc(Cl)cc3)o2)c1. The van der Waals surface area contributed by atoms with Crippen LogP contribution < -0.4 is 4.74 Å². The third kappa shape index (κ3) is 4.15. The van der Waals surface area contributed by atoms with Crippen molar-refractivity contribution >= 4 is 28.5 Å². The number of hydrogen-bond acceptors (Lipinski definition) is 6. The van der Waals surface area contributed by atoms with Gasteiger partial charge in [-0.25, -0.2) is 0 Å². The number of carbonyl (C=O) groups is 1. The highest BCUT2D eigenvalue weighted by Gasteiger charge is 2.14. The minimum absolute atomic E-state index is 0.0850. The van der Waals surface area contributed by atoms with E-state index in [9.17, 15) is 4.79 Å². The molecule has 0 fully saturated rings. The molecule has 0 N–H and O–H groups in total. The summed E-state index contributed by atoms with van der Waals surface area (Å²) in [7, 11) is 1.59. The Morgan fingerprint density at radius 2 is 2.00 bits per heavy atom. The largest absolute Gasteiger partial charge is 0.497 e. The van der Waals surface area contributed by atoms with Gasteiger partial charge in [-0.05, 0) is 35.9 Å². The summed E-state index contributed by atoms with van der Waals surface area (Å²) in [6.07, 6.45) is 0.263. The number of benzene rings is 2. The van der Waals surface area contributed by atoms with Gasteiger partial charge in [-0.1, -0.05) is 29.8 Å². The molecule has 2 aromatic carbocycles. The van der Waals surface area contributed by atoms with Crippen molar-refractivity contribution in [3.05, 3.63) is 59.1 Å². The van der Waals surface area contributed by atoms with Gasteiger partial charge in [0.2, 0.25) is 11.0 Å². The third-order valence-corrected chi connectivity index (χ3v) is 4.15. The molecule has 7 heteroatoms. The minimum atomic E-state index is -0.0850. The highest BCUT2D eigenvalue weighted by Crippen LogP contribution is 2.26. The van der Waals surface area contributed by atoms with E-state index in [1.807, 2.05) is 30.3 Å². The molecule has 0 aliphatic heterocycles. The predicted octanol–water partition coefficient (Wildman–Crippen LogP) is 4.26. The maximum absolute atomic E-state index is 12.1. The summed E-state index contributed by atoms with van der Waals surface area (Å²) in [6, 6.07) is 14.4. The van der Waals surface area contributed by atoms with Crippen LogP contribution in [0, 0.1) is 0 Å². The Morgan fingerprint density at radius 1 is 1.21 bits per heavy atom. The van der Waals surface area contributed by atoms with Crippen LogP contribution in [0.25, 0.3) is 11.5 Å². The fourth-order valence-corrected chi connectivity index (χ4v) is 2.79. The van der Waals surface area contributed by atoms with Crippen molar-refractivity contribution in [2.24, 2.45) is 0 Å². The van der Waals surface area contributed by atoms with E-state index in [1.165, 1.54) is 0 Å². The van der Waals surface area contributed by atoms with Crippen LogP contribution in [0.5, 0.6) is 5.75 Å². The van der Waals surface area contributed by atoms with E-state index in [0.29, 0.717) is 16.7 Å². The molecule has 0 amide bonds. The molecular formula is C17H13ClN2O3S. The smallest absolute Gasteiger partial charge is 0.284 e. The van der Waals surface area contributed by atoms with E-state index in [-0.39, 0.29) is 16.8 Å². The molecule has 3 rings (SSSR count). The molecule has 5 nitrogen and oxygen atoms in total. The summed E-state index contributed by atoms with van der Waals surface area (Å²) in [4.78, 5) is 12.1. The number of hydrogen-bond donors (Lipinski definition) is 0. The zero-order valence-electron chi connectivity index (χ0n) is 12.7. The van der Waals surface area contributed by atoms with Crippen molar-refractivity contribution in [2.75, 3.05) is 7.11 Å². The van der Waals surface area contributed by atoms with Gasteiger partial charge < -0.3 is 9.15 Å². The fourth-order valence-electron chi connectivity index (χ4n) is 2.03. The lowest BCUT2D eigenvalue weighted by Crippen LogP contribution is -1.97. The van der Waals surface area contributed by atoms with Crippen LogP contribution in [0.4, 0.5) is 0 Å². The van der Waals surface area contributed by atoms with Gasteiger partial charge >= 0.3 is 0 Å². The number of rotatable bonds is 5. The van der Waals surface area contributed by atoms with Crippen molar-refractivity contribution < 1.29 is 13.9 Å². The predicted molar refractivity (Wildman–Crippen MR) is 92.3 cm³/mol. The molecule has 24 heavy (non-hydrogen) atoms.